The molecule has 2 N–H and O–H groups in total. The molecule has 0 saturated carbocycles. The van der Waals surface area contributed by atoms with Gasteiger partial charge >= 0.3 is 0 Å². The van der Waals surface area contributed by atoms with Crippen LogP contribution in [0.3, 0.4) is 0 Å². The van der Waals surface area contributed by atoms with E-state index in [1.54, 1.807) is 0 Å². The molecule has 4 heteroatoms. The molecule has 1 saturated heterocycles. The molecule has 3 nitrogen and oxygen atoms in total. The zero-order chi connectivity index (χ0) is 13.3. The van der Waals surface area contributed by atoms with Gasteiger partial charge in [0.1, 0.15) is 0 Å². The van der Waals surface area contributed by atoms with E-state index in [9.17, 15) is 0 Å². The second-order valence-electron chi connectivity index (χ2n) is 5.33. The summed E-state index contributed by atoms with van der Waals surface area (Å²) in [5, 5.41) is 0.741. The van der Waals surface area contributed by atoms with Gasteiger partial charge in [-0.25, -0.2) is 0 Å². The zero-order valence-corrected chi connectivity index (χ0v) is 12.2. The van der Waals surface area contributed by atoms with Crippen molar-refractivity contribution in [3.8, 4) is 0 Å². The van der Waals surface area contributed by atoms with Gasteiger partial charge < -0.3 is 15.5 Å². The molecule has 1 aliphatic rings. The van der Waals surface area contributed by atoms with Crippen molar-refractivity contribution in [2.45, 2.75) is 25.8 Å². The summed E-state index contributed by atoms with van der Waals surface area (Å²) in [6.45, 7) is 4.31. The largest absolute Gasteiger partial charge is 0.397 e. The van der Waals surface area contributed by atoms with E-state index in [1.807, 2.05) is 13.0 Å². The molecule has 0 bridgehead atoms. The third kappa shape index (κ3) is 2.73. The highest BCUT2D eigenvalue weighted by Crippen LogP contribution is 2.31. The van der Waals surface area contributed by atoms with Gasteiger partial charge in [-0.1, -0.05) is 11.6 Å². The minimum atomic E-state index is 0.534. The average molecular weight is 268 g/mol. The summed E-state index contributed by atoms with van der Waals surface area (Å²) in [5.41, 5.74) is 9.03. The van der Waals surface area contributed by atoms with E-state index in [0.29, 0.717) is 6.04 Å². The molecule has 1 aromatic rings. The molecule has 0 radical (unpaired) electrons. The topological polar surface area (TPSA) is 32.5 Å². The minimum Gasteiger partial charge on any atom is -0.397 e. The monoisotopic (exact) mass is 267 g/mol. The maximum Gasteiger partial charge on any atom is 0.0604 e. The number of rotatable bonds is 2. The van der Waals surface area contributed by atoms with Gasteiger partial charge in [0.25, 0.3) is 0 Å². The summed E-state index contributed by atoms with van der Waals surface area (Å²) in [4.78, 5) is 4.68. The van der Waals surface area contributed by atoms with Crippen LogP contribution in [0.5, 0.6) is 0 Å². The Morgan fingerprint density at radius 3 is 2.83 bits per heavy atom. The van der Waals surface area contributed by atoms with E-state index in [0.717, 1.165) is 28.5 Å². The maximum atomic E-state index is 6.09. The van der Waals surface area contributed by atoms with Crippen LogP contribution in [-0.4, -0.2) is 38.1 Å². The molecule has 18 heavy (non-hydrogen) atoms. The first-order chi connectivity index (χ1) is 8.49. The average Bonchev–Trinajstić information content (AvgIpc) is 2.33. The fourth-order valence-corrected chi connectivity index (χ4v) is 2.81. The lowest BCUT2D eigenvalue weighted by atomic mass is 10.0. The Morgan fingerprint density at radius 2 is 2.17 bits per heavy atom. The summed E-state index contributed by atoms with van der Waals surface area (Å²) in [6, 6.07) is 4.48. The van der Waals surface area contributed by atoms with Crippen molar-refractivity contribution >= 4 is 23.0 Å². The first-order valence-corrected chi connectivity index (χ1v) is 6.84. The summed E-state index contributed by atoms with van der Waals surface area (Å²) < 4.78 is 0. The van der Waals surface area contributed by atoms with E-state index in [2.05, 4.69) is 30.0 Å². The van der Waals surface area contributed by atoms with Gasteiger partial charge in [0.2, 0.25) is 0 Å². The number of likely N-dealkylation sites (tertiary alicyclic amines) is 1. The van der Waals surface area contributed by atoms with Gasteiger partial charge in [0.05, 0.1) is 11.4 Å². The highest BCUT2D eigenvalue weighted by Gasteiger charge is 2.22. The van der Waals surface area contributed by atoms with Crippen molar-refractivity contribution in [1.29, 1.82) is 0 Å². The summed E-state index contributed by atoms with van der Waals surface area (Å²) in [5.74, 6) is 0. The van der Waals surface area contributed by atoms with Crippen LogP contribution in [0.4, 0.5) is 11.4 Å². The number of likely N-dealkylation sites (N-methyl/N-ethyl adjacent to an activating group) is 2. The molecular formula is C14H22ClN3. The Bertz CT molecular complexity index is 433. The Labute approximate surface area is 115 Å². The Balaban J connectivity index is 2.22. The predicted octanol–water partition coefficient (Wildman–Crippen LogP) is 2.76. The van der Waals surface area contributed by atoms with Crippen LogP contribution in [0, 0.1) is 6.92 Å². The van der Waals surface area contributed by atoms with Crippen LogP contribution in [0.2, 0.25) is 5.02 Å². The van der Waals surface area contributed by atoms with Gasteiger partial charge in [-0.15, -0.1) is 0 Å². The number of halogens is 1. The Hall–Kier alpha value is -0.930. The number of benzene rings is 1. The van der Waals surface area contributed by atoms with Crippen molar-refractivity contribution in [2.75, 3.05) is 37.8 Å². The molecule has 2 rings (SSSR count). The molecule has 0 aromatic heterocycles. The molecule has 1 atom stereocenters. The van der Waals surface area contributed by atoms with Crippen LogP contribution in [-0.2, 0) is 0 Å². The summed E-state index contributed by atoms with van der Waals surface area (Å²) >= 11 is 6.09. The van der Waals surface area contributed by atoms with Gasteiger partial charge in [-0.3, -0.25) is 0 Å². The lowest BCUT2D eigenvalue weighted by Gasteiger charge is -2.37. The van der Waals surface area contributed by atoms with E-state index < -0.39 is 0 Å². The third-order valence-corrected chi connectivity index (χ3v) is 4.24. The molecule has 100 valence electrons. The summed E-state index contributed by atoms with van der Waals surface area (Å²) in [7, 11) is 4.30. The summed E-state index contributed by atoms with van der Waals surface area (Å²) in [6.07, 6.45) is 2.47. The van der Waals surface area contributed by atoms with Crippen molar-refractivity contribution in [3.63, 3.8) is 0 Å². The number of nitrogens with zero attached hydrogens (tertiary/aromatic N) is 2. The minimum absolute atomic E-state index is 0.534. The molecule has 1 aliphatic heterocycles. The van der Waals surface area contributed by atoms with E-state index in [4.69, 9.17) is 17.3 Å². The maximum absolute atomic E-state index is 6.09. The number of hydrogen-bond acceptors (Lipinski definition) is 3. The lowest BCUT2D eigenvalue weighted by molar-refractivity contribution is 0.248. The standard InChI is InChI=1S/C14H22ClN3/c1-10-7-14(13(16)8-12(10)15)18(3)11-5-4-6-17(2)9-11/h7-8,11H,4-6,9,16H2,1-3H3. The highest BCUT2D eigenvalue weighted by atomic mass is 35.5. The molecule has 1 fully saturated rings. The van der Waals surface area contributed by atoms with E-state index in [-0.39, 0.29) is 0 Å². The van der Waals surface area contributed by atoms with Crippen molar-refractivity contribution in [3.05, 3.63) is 22.7 Å². The second kappa shape index (κ2) is 5.37. The lowest BCUT2D eigenvalue weighted by Crippen LogP contribution is -2.45. The van der Waals surface area contributed by atoms with Crippen LogP contribution < -0.4 is 10.6 Å². The number of anilines is 2. The fourth-order valence-electron chi connectivity index (χ4n) is 2.64. The van der Waals surface area contributed by atoms with Gasteiger partial charge in [0, 0.05) is 24.7 Å². The second-order valence-corrected chi connectivity index (χ2v) is 5.74. The highest BCUT2D eigenvalue weighted by molar-refractivity contribution is 6.31. The number of nitrogen functional groups attached to an aromatic ring is 1. The van der Waals surface area contributed by atoms with Crippen LogP contribution in [0.1, 0.15) is 18.4 Å². The van der Waals surface area contributed by atoms with Crippen LogP contribution >= 0.6 is 11.6 Å². The Kier molecular flexibility index (Phi) is 4.03. The number of aryl methyl sites for hydroxylation is 1. The number of piperidine rings is 1. The predicted molar refractivity (Wildman–Crippen MR) is 79.5 cm³/mol. The smallest absolute Gasteiger partial charge is 0.0604 e. The number of hydrogen-bond donors (Lipinski definition) is 1. The normalized spacial score (nSPS) is 21.0. The third-order valence-electron chi connectivity index (χ3n) is 3.84. The molecule has 1 unspecified atom stereocenters. The molecule has 0 amide bonds. The SMILES string of the molecule is Cc1cc(N(C)C2CCCN(C)C2)c(N)cc1Cl. The molecule has 0 aliphatic carbocycles. The molecule has 1 heterocycles. The first-order valence-electron chi connectivity index (χ1n) is 6.46. The molecule has 1 aromatic carbocycles. The quantitative estimate of drug-likeness (QED) is 0.837. The van der Waals surface area contributed by atoms with Crippen LogP contribution in [0.15, 0.2) is 12.1 Å². The molecule has 0 spiro atoms. The van der Waals surface area contributed by atoms with Gasteiger partial charge in [-0.05, 0) is 51.1 Å². The Morgan fingerprint density at radius 1 is 1.44 bits per heavy atom. The van der Waals surface area contributed by atoms with Gasteiger partial charge in [-0.2, -0.15) is 0 Å². The van der Waals surface area contributed by atoms with Crippen molar-refractivity contribution < 1.29 is 0 Å². The number of nitrogens with two attached hydrogens (primary N) is 1. The van der Waals surface area contributed by atoms with E-state index >= 15 is 0 Å². The van der Waals surface area contributed by atoms with E-state index in [1.165, 1.54) is 19.4 Å². The van der Waals surface area contributed by atoms with Gasteiger partial charge in [0.15, 0.2) is 0 Å². The zero-order valence-electron chi connectivity index (χ0n) is 11.4. The first kappa shape index (κ1) is 13.5. The molecular weight excluding hydrogens is 246 g/mol. The van der Waals surface area contributed by atoms with Crippen molar-refractivity contribution in [1.82, 2.24) is 4.90 Å². The van der Waals surface area contributed by atoms with Crippen LogP contribution in [0.25, 0.3) is 0 Å². The fraction of sp³-hybridized carbons (Fsp3) is 0.571. The van der Waals surface area contributed by atoms with Crippen molar-refractivity contribution in [2.24, 2.45) is 0 Å².